The summed E-state index contributed by atoms with van der Waals surface area (Å²) in [4.78, 5) is 34.5. The Morgan fingerprint density at radius 1 is 1.10 bits per heavy atom. The summed E-state index contributed by atoms with van der Waals surface area (Å²) in [5, 5.41) is 4.75. The lowest BCUT2D eigenvalue weighted by Crippen LogP contribution is -2.51. The summed E-state index contributed by atoms with van der Waals surface area (Å²) in [6, 6.07) is 10.00. The van der Waals surface area contributed by atoms with Crippen molar-refractivity contribution in [3.8, 4) is 0 Å². The van der Waals surface area contributed by atoms with E-state index in [1.165, 1.54) is 25.7 Å². The van der Waals surface area contributed by atoms with Crippen LogP contribution in [0.2, 0.25) is 0 Å². The molecule has 2 fully saturated rings. The van der Waals surface area contributed by atoms with Gasteiger partial charge in [-0.15, -0.1) is 0 Å². The van der Waals surface area contributed by atoms with E-state index in [2.05, 4.69) is 24.1 Å². The molecule has 3 aliphatic rings. The van der Waals surface area contributed by atoms with Crippen LogP contribution in [-0.2, 0) is 4.79 Å². The molecule has 30 heavy (non-hydrogen) atoms. The van der Waals surface area contributed by atoms with Gasteiger partial charge in [-0.25, -0.2) is 4.98 Å². The van der Waals surface area contributed by atoms with Gasteiger partial charge in [-0.1, -0.05) is 68.8 Å². The number of thioether (sulfide) groups is 1. The van der Waals surface area contributed by atoms with Gasteiger partial charge in [0.25, 0.3) is 5.56 Å². The maximum Gasteiger partial charge on any atom is 0.257 e. The molecule has 1 aliphatic heterocycles. The van der Waals surface area contributed by atoms with Gasteiger partial charge in [0.05, 0.1) is 5.56 Å². The van der Waals surface area contributed by atoms with Gasteiger partial charge in [0.2, 0.25) is 0 Å². The van der Waals surface area contributed by atoms with E-state index in [1.807, 2.05) is 30.3 Å². The van der Waals surface area contributed by atoms with E-state index in [-0.39, 0.29) is 34.6 Å². The van der Waals surface area contributed by atoms with Gasteiger partial charge in [-0.05, 0) is 30.2 Å². The Hall–Kier alpha value is -2.08. The van der Waals surface area contributed by atoms with E-state index < -0.39 is 0 Å². The Morgan fingerprint density at radius 2 is 1.83 bits per heavy atom. The highest BCUT2D eigenvalue weighted by Gasteiger charge is 2.49. The lowest BCUT2D eigenvalue weighted by molar-refractivity contribution is -0.129. The van der Waals surface area contributed by atoms with Crippen LogP contribution >= 0.6 is 11.8 Å². The number of H-pyrrole nitrogens is 1. The van der Waals surface area contributed by atoms with Crippen LogP contribution in [0.3, 0.4) is 0 Å². The zero-order chi connectivity index (χ0) is 20.9. The summed E-state index contributed by atoms with van der Waals surface area (Å²) < 4.78 is 0. The molecule has 0 spiro atoms. The average molecular weight is 424 g/mol. The highest BCUT2D eigenvalue weighted by molar-refractivity contribution is 7.99. The lowest BCUT2D eigenvalue weighted by Gasteiger charge is -2.46. The van der Waals surface area contributed by atoms with Crippen molar-refractivity contribution >= 4 is 23.4 Å². The third-order valence-corrected chi connectivity index (χ3v) is 8.12. The minimum atomic E-state index is -0.252. The SMILES string of the molecule is CC1(C)CC(=O)C2C(C1)Nc1nc(SC3CCCC3)[nH]c(=O)c1C2c1ccccc1. The molecule has 5 nitrogen and oxygen atoms in total. The fraction of sp³-hybridized carbons (Fsp3) is 0.542. The molecule has 0 bridgehead atoms. The molecule has 2 N–H and O–H groups in total. The summed E-state index contributed by atoms with van der Waals surface area (Å²) in [6.07, 6.45) is 6.31. The molecule has 6 heteroatoms. The summed E-state index contributed by atoms with van der Waals surface area (Å²) in [5.41, 5.74) is 1.48. The minimum Gasteiger partial charge on any atom is -0.366 e. The van der Waals surface area contributed by atoms with Crippen LogP contribution in [0.15, 0.2) is 40.3 Å². The van der Waals surface area contributed by atoms with Crippen LogP contribution in [0.1, 0.15) is 69.4 Å². The van der Waals surface area contributed by atoms with E-state index >= 15 is 0 Å². The van der Waals surface area contributed by atoms with E-state index in [9.17, 15) is 9.59 Å². The standard InChI is InChI=1S/C24H29N3O2S/c1-24(2)12-16-19(17(28)13-24)18(14-8-4-3-5-9-14)20-21(25-16)26-23(27-22(20)29)30-15-10-6-7-11-15/h3-5,8-9,15-16,18-19H,6-7,10-13H2,1-2H3,(H2,25,26,27,29). The van der Waals surface area contributed by atoms with Gasteiger partial charge in [0.15, 0.2) is 5.16 Å². The van der Waals surface area contributed by atoms with Crippen LogP contribution in [-0.4, -0.2) is 27.0 Å². The third-order valence-electron chi connectivity index (χ3n) is 6.90. The van der Waals surface area contributed by atoms with Crippen molar-refractivity contribution in [2.75, 3.05) is 5.32 Å². The van der Waals surface area contributed by atoms with Crippen molar-refractivity contribution in [2.24, 2.45) is 11.3 Å². The van der Waals surface area contributed by atoms with Crippen LogP contribution in [0.25, 0.3) is 0 Å². The van der Waals surface area contributed by atoms with Crippen molar-refractivity contribution < 1.29 is 4.79 Å². The van der Waals surface area contributed by atoms with E-state index in [1.54, 1.807) is 11.8 Å². The van der Waals surface area contributed by atoms with Gasteiger partial charge in [0.1, 0.15) is 11.6 Å². The highest BCUT2D eigenvalue weighted by atomic mass is 32.2. The van der Waals surface area contributed by atoms with Crippen LogP contribution in [0.5, 0.6) is 0 Å². The Kier molecular flexibility index (Phi) is 5.00. The molecule has 0 radical (unpaired) electrons. The molecule has 3 unspecified atom stereocenters. The molecule has 2 aliphatic carbocycles. The highest BCUT2D eigenvalue weighted by Crippen LogP contribution is 2.48. The Balaban J connectivity index is 1.60. The summed E-state index contributed by atoms with van der Waals surface area (Å²) in [6.45, 7) is 4.31. The Bertz CT molecular complexity index is 1010. The van der Waals surface area contributed by atoms with Crippen molar-refractivity contribution in [1.82, 2.24) is 9.97 Å². The fourth-order valence-corrected chi connectivity index (χ4v) is 6.82. The molecule has 2 heterocycles. The van der Waals surface area contributed by atoms with Gasteiger partial charge in [0, 0.05) is 29.5 Å². The van der Waals surface area contributed by atoms with Crippen molar-refractivity contribution in [3.63, 3.8) is 0 Å². The van der Waals surface area contributed by atoms with E-state index in [0.717, 1.165) is 12.0 Å². The molecule has 158 valence electrons. The van der Waals surface area contributed by atoms with Crippen molar-refractivity contribution in [1.29, 1.82) is 0 Å². The first-order valence-corrected chi connectivity index (χ1v) is 11.9. The number of nitrogens with zero attached hydrogens (tertiary/aromatic N) is 1. The predicted octanol–water partition coefficient (Wildman–Crippen LogP) is 4.74. The normalized spacial score (nSPS) is 27.9. The molecule has 1 aromatic carbocycles. The first-order chi connectivity index (χ1) is 14.4. The second kappa shape index (κ2) is 7.56. The van der Waals surface area contributed by atoms with Crippen molar-refractivity contribution in [2.45, 2.75) is 74.7 Å². The van der Waals surface area contributed by atoms with Gasteiger partial charge in [-0.3, -0.25) is 9.59 Å². The summed E-state index contributed by atoms with van der Waals surface area (Å²) in [7, 11) is 0. The number of nitrogens with one attached hydrogen (secondary N) is 2. The molecular formula is C24H29N3O2S. The number of fused-ring (bicyclic) bond motifs is 2. The number of carbonyl (C=O) groups is 1. The lowest BCUT2D eigenvalue weighted by atomic mass is 9.62. The maximum atomic E-state index is 13.3. The van der Waals surface area contributed by atoms with Gasteiger partial charge in [-0.2, -0.15) is 0 Å². The number of aromatic amines is 1. The molecule has 2 saturated carbocycles. The zero-order valence-corrected chi connectivity index (χ0v) is 18.4. The van der Waals surface area contributed by atoms with Crippen LogP contribution in [0.4, 0.5) is 5.82 Å². The molecule has 0 saturated heterocycles. The van der Waals surface area contributed by atoms with E-state index in [4.69, 9.17) is 4.98 Å². The summed E-state index contributed by atoms with van der Waals surface area (Å²) in [5.74, 6) is 0.425. The number of benzene rings is 1. The first kappa shape index (κ1) is 19.9. The smallest absolute Gasteiger partial charge is 0.257 e. The average Bonchev–Trinajstić information content (AvgIpc) is 3.19. The zero-order valence-electron chi connectivity index (χ0n) is 17.6. The molecule has 5 rings (SSSR count). The van der Waals surface area contributed by atoms with Crippen LogP contribution < -0.4 is 10.9 Å². The fourth-order valence-electron chi connectivity index (χ4n) is 5.64. The topological polar surface area (TPSA) is 74.8 Å². The van der Waals surface area contributed by atoms with Crippen molar-refractivity contribution in [3.05, 3.63) is 51.8 Å². The van der Waals surface area contributed by atoms with Gasteiger partial charge >= 0.3 is 0 Å². The first-order valence-electron chi connectivity index (χ1n) is 11.1. The third kappa shape index (κ3) is 3.59. The van der Waals surface area contributed by atoms with Crippen LogP contribution in [0, 0.1) is 11.3 Å². The number of Topliss-reactive ketones (excluding diaryl/α,β-unsaturated/α-hetero) is 1. The molecule has 3 atom stereocenters. The number of hydrogen-bond acceptors (Lipinski definition) is 5. The number of anilines is 1. The Labute approximate surface area is 181 Å². The Morgan fingerprint density at radius 3 is 2.57 bits per heavy atom. The quantitative estimate of drug-likeness (QED) is 0.698. The number of ketones is 1. The molecule has 0 amide bonds. The van der Waals surface area contributed by atoms with E-state index in [0.29, 0.717) is 28.2 Å². The number of carbonyl (C=O) groups excluding carboxylic acids is 1. The monoisotopic (exact) mass is 423 g/mol. The maximum absolute atomic E-state index is 13.3. The largest absolute Gasteiger partial charge is 0.366 e. The number of aromatic nitrogens is 2. The second-order valence-corrected chi connectivity index (χ2v) is 11.1. The minimum absolute atomic E-state index is 0.00223. The number of rotatable bonds is 3. The molecular weight excluding hydrogens is 394 g/mol. The molecule has 1 aromatic heterocycles. The number of hydrogen-bond donors (Lipinski definition) is 2. The summed E-state index contributed by atoms with van der Waals surface area (Å²) >= 11 is 1.69. The van der Waals surface area contributed by atoms with Gasteiger partial charge < -0.3 is 10.3 Å². The molecule has 2 aromatic rings. The second-order valence-electron chi connectivity index (χ2n) is 9.83. The predicted molar refractivity (Wildman–Crippen MR) is 120 cm³/mol.